The van der Waals surface area contributed by atoms with Gasteiger partial charge in [-0.2, -0.15) is 0 Å². The molecular weight excluding hydrogens is 140 g/mol. The predicted octanol–water partition coefficient (Wildman–Crippen LogP) is -4.38. The molecule has 7 heavy (non-hydrogen) atoms. The van der Waals surface area contributed by atoms with Crippen LogP contribution in [0.5, 0.6) is 0 Å². The molecule has 0 aliphatic heterocycles. The molecule has 0 atom stereocenters. The Morgan fingerprint density at radius 1 is 1.29 bits per heavy atom. The van der Waals surface area contributed by atoms with Gasteiger partial charge in [0.1, 0.15) is 0 Å². The van der Waals surface area contributed by atoms with E-state index in [1.54, 1.807) is 0 Å². The van der Waals surface area contributed by atoms with Gasteiger partial charge in [0.25, 0.3) is 0 Å². The van der Waals surface area contributed by atoms with Crippen molar-refractivity contribution in [2.24, 2.45) is 0 Å². The summed E-state index contributed by atoms with van der Waals surface area (Å²) < 4.78 is 15.2. The summed E-state index contributed by atoms with van der Waals surface area (Å²) in [6.45, 7) is 0. The van der Waals surface area contributed by atoms with Crippen molar-refractivity contribution in [3.63, 3.8) is 0 Å². The van der Waals surface area contributed by atoms with E-state index >= 15 is 0 Å². The monoisotopic (exact) mass is 148 g/mol. The molecule has 0 fully saturated rings. The minimum atomic E-state index is -0.167. The van der Waals surface area contributed by atoms with Crippen LogP contribution in [0, 0.1) is 11.3 Å². The molecule has 0 aromatic rings. The van der Waals surface area contributed by atoms with Crippen LogP contribution in [0.3, 0.4) is 0 Å². The molecule has 0 aliphatic rings. The summed E-state index contributed by atoms with van der Waals surface area (Å²) in [6.07, 6.45) is 0. The predicted molar refractivity (Wildman–Crippen MR) is 21.0 cm³/mol. The Morgan fingerprint density at radius 2 is 1.29 bits per heavy atom. The number of rotatable bonds is 0. The Labute approximate surface area is 63.4 Å². The first-order valence-electron chi connectivity index (χ1n) is 0.323. The summed E-state index contributed by atoms with van der Waals surface area (Å²) in [6, 6.07) is 0. The molecule has 48 valence electrons. The van der Waals surface area contributed by atoms with Gasteiger partial charge in [0.15, 0.2) is 0 Å². The van der Waals surface area contributed by atoms with E-state index in [1.807, 2.05) is 0 Å². The van der Waals surface area contributed by atoms with Gasteiger partial charge in [-0.05, 0) is 0 Å². The van der Waals surface area contributed by atoms with Crippen LogP contribution < -0.4 is 4.66 Å². The van der Waals surface area contributed by atoms with Crippen LogP contribution >= 0.6 is 0 Å². The maximum absolute atomic E-state index is 8.35. The molecule has 0 saturated heterocycles. The van der Waals surface area contributed by atoms with Crippen LogP contribution in [0.2, 0.25) is 0 Å². The fraction of sp³-hybridized carbons (Fsp3) is 0. The van der Waals surface area contributed by atoms with Gasteiger partial charge in [-0.25, -0.2) is 0 Å². The minimum absolute atomic E-state index is 0. The first-order chi connectivity index (χ1) is 1.41. The van der Waals surface area contributed by atoms with Crippen molar-refractivity contribution >= 4 is 23.1 Å². The molecule has 0 unspecified atom stereocenters. The molecule has 5 nitrogen and oxygen atoms in total. The van der Waals surface area contributed by atoms with Crippen LogP contribution in [0.4, 0.5) is 0 Å². The Balaban J connectivity index is -0.00000000133. The van der Waals surface area contributed by atoms with Crippen LogP contribution in [0.25, 0.3) is 0 Å². The number of hydrogen-bond donors (Lipinski definition) is 1. The third-order valence-electron chi connectivity index (χ3n) is 0. The fourth-order valence-corrected chi connectivity index (χ4v) is 0. The molecule has 0 rings (SSSR count). The van der Waals surface area contributed by atoms with Gasteiger partial charge < -0.3 is 23.9 Å². The molecule has 0 spiro atoms. The Morgan fingerprint density at radius 3 is 1.29 bits per heavy atom. The fourth-order valence-electron chi connectivity index (χ4n) is 0. The van der Waals surface area contributed by atoms with Crippen molar-refractivity contribution in [2.75, 3.05) is 0 Å². The van der Waals surface area contributed by atoms with Gasteiger partial charge in [-0.1, -0.05) is 0 Å². The molecule has 0 aromatic carbocycles. The van der Waals surface area contributed by atoms with Gasteiger partial charge in [-0.15, -0.1) is 4.66 Å². The average molecular weight is 149 g/mol. The van der Waals surface area contributed by atoms with Crippen molar-refractivity contribution < 1.29 is 39.9 Å². The summed E-state index contributed by atoms with van der Waals surface area (Å²) in [5.41, 5.74) is 0. The Bertz CT molecular complexity index is 14.9. The van der Waals surface area contributed by atoms with E-state index in [4.69, 9.17) is 9.32 Å². The summed E-state index contributed by atoms with van der Waals surface area (Å²) in [7, 11) is 0. The second-order valence-electron chi connectivity index (χ2n) is 0.0690. The zero-order valence-electron chi connectivity index (χ0n) is 5.44. The molecule has 0 amide bonds. The maximum atomic E-state index is 8.35. The van der Waals surface area contributed by atoms with Crippen LogP contribution in [-0.2, 0) is 0 Å². The molecule has 7 N–H and O–H groups in total. The quantitative estimate of drug-likeness (QED) is 0.347. The van der Waals surface area contributed by atoms with E-state index in [9.17, 15) is 0 Å². The van der Waals surface area contributed by atoms with Crippen LogP contribution in [0.1, 0.15) is 2.85 Å². The molecule has 0 aliphatic carbocycles. The van der Waals surface area contributed by atoms with Gasteiger partial charge >= 0.3 is 34.4 Å². The Kier molecular flexibility index (Phi) is 441. The topological polar surface area (TPSA) is 138 Å². The third-order valence-corrected chi connectivity index (χ3v) is 0. The molecule has 0 heterocycles. The first-order valence-corrected chi connectivity index (χ1v) is 0.970. The van der Waals surface area contributed by atoms with E-state index in [0.717, 1.165) is 0 Å². The average Bonchev–Trinajstić information content (AvgIpc) is 0.918. The van der Waals surface area contributed by atoms with Crippen molar-refractivity contribution in [1.82, 2.24) is 0 Å². The van der Waals surface area contributed by atoms with Crippen molar-refractivity contribution in [3.8, 4) is 0 Å². The van der Waals surface area contributed by atoms with E-state index < -0.39 is 0 Å². The van der Waals surface area contributed by atoms with E-state index in [-0.39, 0.29) is 53.7 Å². The first kappa shape index (κ1) is 45.3. The van der Waals surface area contributed by atoms with Gasteiger partial charge in [0.2, 0.25) is 0 Å². The summed E-state index contributed by atoms with van der Waals surface area (Å²) in [5, 5.41) is 0. The van der Waals surface area contributed by atoms with Gasteiger partial charge in [-0.3, -0.25) is 0 Å². The second-order valence-corrected chi connectivity index (χ2v) is 0.207. The van der Waals surface area contributed by atoms with Crippen molar-refractivity contribution in [1.29, 1.82) is 0 Å². The molecule has 7 heteroatoms. The minimum Gasteiger partial charge on any atom is -1.00 e. The molecular formula is H9ClMgO5. The smallest absolute Gasteiger partial charge is 1.00 e. The third kappa shape index (κ3) is 221. The maximum Gasteiger partial charge on any atom is 2.00 e. The summed E-state index contributed by atoms with van der Waals surface area (Å²) in [4.78, 5) is 0. The molecule has 0 bridgehead atoms. The zero-order valence-corrected chi connectivity index (χ0v) is 5.61. The largest absolute Gasteiger partial charge is 2.00 e. The van der Waals surface area contributed by atoms with Crippen LogP contribution in [-0.4, -0.2) is 44.1 Å². The van der Waals surface area contributed by atoms with Crippen molar-refractivity contribution in [2.45, 2.75) is 0 Å². The summed E-state index contributed by atoms with van der Waals surface area (Å²) >= 11 is -0.167. The van der Waals surface area contributed by atoms with E-state index in [0.29, 0.717) is 0 Å². The van der Waals surface area contributed by atoms with Gasteiger partial charge in [0.05, 0.1) is 0 Å². The molecule has 0 saturated carbocycles. The zero-order chi connectivity index (χ0) is 2.71. The molecule has 0 radical (unpaired) electrons. The van der Waals surface area contributed by atoms with Gasteiger partial charge in [0, 0.05) is 0 Å². The standard InChI is InChI=1S/ClHO2.Mg.3H2O.2H/c2-1-3;;;;;;/h2H;;3*1H2;;/q;+2;;;;2*-1. The second kappa shape index (κ2) is 68.2. The van der Waals surface area contributed by atoms with Crippen molar-refractivity contribution in [3.05, 3.63) is 0 Å². The Hall–Kier alpha value is 0.856. The number of halogens is 1. The number of hydrogen-bond acceptors (Lipinski definition) is 2. The SMILES string of the molecule is O.O.O.[H-].[H-].[Mg+2].[O-][Cl+]O. The molecule has 0 aromatic heterocycles. The summed E-state index contributed by atoms with van der Waals surface area (Å²) in [5.74, 6) is 0. The van der Waals surface area contributed by atoms with Crippen LogP contribution in [0.15, 0.2) is 0 Å². The van der Waals surface area contributed by atoms with E-state index in [2.05, 4.69) is 0 Å². The normalized spacial score (nSPS) is 2.57. The van der Waals surface area contributed by atoms with E-state index in [1.165, 1.54) is 0 Å².